The lowest BCUT2D eigenvalue weighted by molar-refractivity contribution is -0.139. The van der Waals surface area contributed by atoms with E-state index in [0.717, 1.165) is 5.56 Å². The predicted octanol–water partition coefficient (Wildman–Crippen LogP) is 3.34. The summed E-state index contributed by atoms with van der Waals surface area (Å²) in [5.74, 6) is -0.287. The van der Waals surface area contributed by atoms with Gasteiger partial charge in [0.05, 0.1) is 35.1 Å². The molecule has 0 unspecified atom stereocenters. The summed E-state index contributed by atoms with van der Waals surface area (Å²) in [5, 5.41) is 0. The third kappa shape index (κ3) is 4.39. The van der Waals surface area contributed by atoms with Crippen molar-refractivity contribution in [2.45, 2.75) is 26.8 Å². The number of nitrogens with zero attached hydrogens (tertiary/aromatic N) is 2. The summed E-state index contributed by atoms with van der Waals surface area (Å²) in [7, 11) is 0. The first-order valence-corrected chi connectivity index (χ1v) is 11.4. The fourth-order valence-electron chi connectivity index (χ4n) is 3.78. The van der Waals surface area contributed by atoms with E-state index < -0.39 is 17.8 Å². The highest BCUT2D eigenvalue weighted by molar-refractivity contribution is 7.07. The Bertz CT molecular complexity index is 1400. The van der Waals surface area contributed by atoms with Gasteiger partial charge < -0.3 is 9.47 Å². The van der Waals surface area contributed by atoms with Gasteiger partial charge >= 0.3 is 5.97 Å². The fourth-order valence-corrected chi connectivity index (χ4v) is 4.82. The topological polar surface area (TPSA) is 69.9 Å². The monoisotopic (exact) mass is 466 g/mol. The quantitative estimate of drug-likeness (QED) is 0.523. The number of carbonyl (C=O) groups is 1. The van der Waals surface area contributed by atoms with Crippen molar-refractivity contribution >= 4 is 23.4 Å². The maximum atomic E-state index is 13.6. The second kappa shape index (κ2) is 9.54. The van der Waals surface area contributed by atoms with E-state index >= 15 is 0 Å². The zero-order chi connectivity index (χ0) is 23.5. The Hall–Kier alpha value is -3.52. The molecule has 33 heavy (non-hydrogen) atoms. The molecule has 170 valence electrons. The number of hydrogen-bond acceptors (Lipinski definition) is 6. The number of benzene rings is 2. The SMILES string of the molecule is CCOC(=O)C1=C(C)N=c2s/c(=C\c3ccccc3OCC)c(=O)n2[C@H]1c1ccc(F)cc1. The Morgan fingerprint density at radius 3 is 2.58 bits per heavy atom. The van der Waals surface area contributed by atoms with E-state index in [9.17, 15) is 14.0 Å². The molecule has 6 nitrogen and oxygen atoms in total. The molecule has 0 radical (unpaired) electrons. The Labute approximate surface area is 193 Å². The van der Waals surface area contributed by atoms with Gasteiger partial charge in [-0.05, 0) is 50.6 Å². The van der Waals surface area contributed by atoms with Crippen LogP contribution in [0.1, 0.15) is 37.9 Å². The summed E-state index contributed by atoms with van der Waals surface area (Å²) in [6, 6.07) is 12.4. The molecule has 4 rings (SSSR count). The molecule has 2 aromatic carbocycles. The van der Waals surface area contributed by atoms with Gasteiger partial charge in [0.2, 0.25) is 0 Å². The molecular weight excluding hydrogens is 443 g/mol. The molecule has 0 saturated heterocycles. The molecule has 0 bridgehead atoms. The van der Waals surface area contributed by atoms with Crippen LogP contribution in [0.2, 0.25) is 0 Å². The first kappa shape index (κ1) is 22.7. The smallest absolute Gasteiger partial charge is 0.338 e. The van der Waals surface area contributed by atoms with E-state index in [-0.39, 0.29) is 17.7 Å². The number of carbonyl (C=O) groups excluding carboxylic acids is 1. The second-order valence-corrected chi connectivity index (χ2v) is 8.33. The first-order valence-electron chi connectivity index (χ1n) is 10.6. The van der Waals surface area contributed by atoms with Gasteiger partial charge in [-0.3, -0.25) is 9.36 Å². The number of esters is 1. The molecule has 0 saturated carbocycles. The van der Waals surface area contributed by atoms with Crippen LogP contribution >= 0.6 is 11.3 Å². The second-order valence-electron chi connectivity index (χ2n) is 7.32. The van der Waals surface area contributed by atoms with Crippen molar-refractivity contribution in [3.05, 3.63) is 96.4 Å². The highest BCUT2D eigenvalue weighted by Gasteiger charge is 2.33. The predicted molar refractivity (Wildman–Crippen MR) is 124 cm³/mol. The van der Waals surface area contributed by atoms with Crippen LogP contribution in [0.25, 0.3) is 6.08 Å². The molecule has 0 N–H and O–H groups in total. The lowest BCUT2D eigenvalue weighted by atomic mass is 9.96. The van der Waals surface area contributed by atoms with Gasteiger partial charge in [-0.15, -0.1) is 0 Å². The maximum Gasteiger partial charge on any atom is 0.338 e. The lowest BCUT2D eigenvalue weighted by Gasteiger charge is -2.24. The molecule has 0 amide bonds. The van der Waals surface area contributed by atoms with E-state index in [1.54, 1.807) is 32.1 Å². The minimum atomic E-state index is -0.773. The third-order valence-electron chi connectivity index (χ3n) is 5.21. The molecule has 1 atom stereocenters. The summed E-state index contributed by atoms with van der Waals surface area (Å²) in [6.07, 6.45) is 1.76. The highest BCUT2D eigenvalue weighted by atomic mass is 32.1. The van der Waals surface area contributed by atoms with Crippen molar-refractivity contribution < 1.29 is 18.7 Å². The first-order chi connectivity index (χ1) is 15.9. The Kier molecular flexibility index (Phi) is 6.55. The van der Waals surface area contributed by atoms with Gasteiger partial charge in [0.1, 0.15) is 11.6 Å². The fraction of sp³-hybridized carbons (Fsp3) is 0.240. The zero-order valence-corrected chi connectivity index (χ0v) is 19.3. The van der Waals surface area contributed by atoms with Crippen LogP contribution in [0.3, 0.4) is 0 Å². The number of fused-ring (bicyclic) bond motifs is 1. The largest absolute Gasteiger partial charge is 0.493 e. The number of allylic oxidation sites excluding steroid dienone is 1. The van der Waals surface area contributed by atoms with Gasteiger partial charge in [0.25, 0.3) is 5.56 Å². The average Bonchev–Trinajstić information content (AvgIpc) is 3.09. The number of hydrogen-bond donors (Lipinski definition) is 0. The summed E-state index contributed by atoms with van der Waals surface area (Å²) >= 11 is 1.23. The molecule has 1 aliphatic rings. The highest BCUT2D eigenvalue weighted by Crippen LogP contribution is 2.30. The number of rotatable bonds is 6. The van der Waals surface area contributed by atoms with Crippen molar-refractivity contribution in [3.8, 4) is 5.75 Å². The molecule has 1 aliphatic heterocycles. The number of thiazole rings is 1. The molecule has 0 aliphatic carbocycles. The average molecular weight is 467 g/mol. The molecular formula is C25H23FN2O4S. The number of aromatic nitrogens is 1. The third-order valence-corrected chi connectivity index (χ3v) is 6.19. The van der Waals surface area contributed by atoms with Gasteiger partial charge in [0.15, 0.2) is 4.80 Å². The van der Waals surface area contributed by atoms with Crippen molar-refractivity contribution in [2.75, 3.05) is 13.2 Å². The normalized spacial score (nSPS) is 15.8. The van der Waals surface area contributed by atoms with Crippen molar-refractivity contribution in [2.24, 2.45) is 4.99 Å². The van der Waals surface area contributed by atoms with Crippen LogP contribution in [0.15, 0.2) is 69.6 Å². The lowest BCUT2D eigenvalue weighted by Crippen LogP contribution is -2.39. The molecule has 1 aromatic heterocycles. The van der Waals surface area contributed by atoms with Crippen LogP contribution in [-0.2, 0) is 9.53 Å². The molecule has 0 spiro atoms. The Balaban J connectivity index is 1.95. The zero-order valence-electron chi connectivity index (χ0n) is 18.5. The molecule has 0 fully saturated rings. The van der Waals surface area contributed by atoms with Gasteiger partial charge in [-0.1, -0.05) is 41.7 Å². The van der Waals surface area contributed by atoms with E-state index in [0.29, 0.717) is 33.0 Å². The van der Waals surface area contributed by atoms with Gasteiger partial charge in [-0.2, -0.15) is 0 Å². The summed E-state index contributed by atoms with van der Waals surface area (Å²) in [5.41, 5.74) is 1.79. The Morgan fingerprint density at radius 1 is 1.15 bits per heavy atom. The van der Waals surface area contributed by atoms with Crippen LogP contribution in [-0.4, -0.2) is 23.8 Å². The van der Waals surface area contributed by atoms with Crippen LogP contribution < -0.4 is 19.6 Å². The van der Waals surface area contributed by atoms with Crippen LogP contribution in [0.4, 0.5) is 4.39 Å². The number of para-hydroxylation sites is 1. The summed E-state index contributed by atoms with van der Waals surface area (Å²) in [4.78, 5) is 31.4. The number of halogens is 1. The standard InChI is InChI=1S/C25H23FN2O4S/c1-4-31-19-9-7-6-8-17(19)14-20-23(29)28-22(16-10-12-18(26)13-11-16)21(24(30)32-5-2)15(3)27-25(28)33-20/h6-14,22H,4-5H2,1-3H3/b20-14-/t22-/m0/s1. The van der Waals surface area contributed by atoms with E-state index in [1.165, 1.54) is 28.0 Å². The van der Waals surface area contributed by atoms with Gasteiger partial charge in [0, 0.05) is 5.56 Å². The summed E-state index contributed by atoms with van der Waals surface area (Å²) in [6.45, 7) is 6.01. The Morgan fingerprint density at radius 2 is 1.88 bits per heavy atom. The van der Waals surface area contributed by atoms with E-state index in [4.69, 9.17) is 9.47 Å². The van der Waals surface area contributed by atoms with E-state index in [2.05, 4.69) is 4.99 Å². The maximum absolute atomic E-state index is 13.6. The van der Waals surface area contributed by atoms with Gasteiger partial charge in [-0.25, -0.2) is 14.2 Å². The molecule has 3 aromatic rings. The van der Waals surface area contributed by atoms with Crippen molar-refractivity contribution in [3.63, 3.8) is 0 Å². The minimum absolute atomic E-state index is 0.185. The summed E-state index contributed by atoms with van der Waals surface area (Å²) < 4.78 is 26.5. The van der Waals surface area contributed by atoms with Crippen LogP contribution in [0.5, 0.6) is 5.75 Å². The molecule has 8 heteroatoms. The van der Waals surface area contributed by atoms with Crippen molar-refractivity contribution in [1.29, 1.82) is 0 Å². The van der Waals surface area contributed by atoms with Crippen molar-refractivity contribution in [1.82, 2.24) is 4.57 Å². The number of ether oxygens (including phenoxy) is 2. The minimum Gasteiger partial charge on any atom is -0.493 e. The van der Waals surface area contributed by atoms with E-state index in [1.807, 2.05) is 31.2 Å². The van der Waals surface area contributed by atoms with Crippen LogP contribution in [0, 0.1) is 5.82 Å². The molecule has 2 heterocycles.